The molecule has 6 nitrogen and oxygen atoms in total. The number of aliphatic imine (C=N–C) groups is 1. The van der Waals surface area contributed by atoms with Crippen molar-refractivity contribution in [2.75, 3.05) is 52.3 Å². The number of hydrogen-bond acceptors (Lipinski definition) is 4. The number of nitrogens with one attached hydrogen (secondary N) is 2. The average molecular weight is 544 g/mol. The van der Waals surface area contributed by atoms with Crippen molar-refractivity contribution in [1.82, 2.24) is 10.2 Å². The summed E-state index contributed by atoms with van der Waals surface area (Å²) in [6.07, 6.45) is -1.64. The van der Waals surface area contributed by atoms with Crippen LogP contribution in [0.4, 0.5) is 18.9 Å². The third kappa shape index (κ3) is 9.15. The standard InChI is InChI=1S/C20H31F3N4O2.HI/c1-4-29-18-13-16(5-6-17(18)28-3)26-19(24-2)25-10-7-15-8-11-27(12-9-15)14-20(21,22)23;/h5-6,13,15H,4,7-12,14H2,1-3H3,(H2,24,25,26);1H. The molecule has 0 saturated carbocycles. The molecule has 2 N–H and O–H groups in total. The molecule has 0 unspecified atom stereocenters. The van der Waals surface area contributed by atoms with Crippen LogP contribution in [0.5, 0.6) is 11.5 Å². The molecule has 172 valence electrons. The number of guanidine groups is 1. The Morgan fingerprint density at radius 2 is 1.93 bits per heavy atom. The lowest BCUT2D eigenvalue weighted by molar-refractivity contribution is -0.148. The second kappa shape index (κ2) is 13.1. The number of methoxy groups -OCH3 is 1. The van der Waals surface area contributed by atoms with Crippen molar-refractivity contribution in [2.24, 2.45) is 10.9 Å². The van der Waals surface area contributed by atoms with Crippen LogP contribution in [0.3, 0.4) is 0 Å². The molecule has 0 atom stereocenters. The van der Waals surface area contributed by atoms with Crippen LogP contribution >= 0.6 is 24.0 Å². The highest BCUT2D eigenvalue weighted by molar-refractivity contribution is 14.0. The lowest BCUT2D eigenvalue weighted by Crippen LogP contribution is -2.40. The minimum atomic E-state index is -4.12. The molecule has 10 heteroatoms. The molecular weight excluding hydrogens is 512 g/mol. The molecule has 0 bridgehead atoms. The minimum Gasteiger partial charge on any atom is -0.493 e. The number of anilines is 1. The van der Waals surface area contributed by atoms with Gasteiger partial charge < -0.3 is 20.1 Å². The Labute approximate surface area is 193 Å². The highest BCUT2D eigenvalue weighted by atomic mass is 127. The van der Waals surface area contributed by atoms with Crippen LogP contribution in [0.25, 0.3) is 0 Å². The third-order valence-electron chi connectivity index (χ3n) is 4.90. The van der Waals surface area contributed by atoms with Crippen LogP contribution in [-0.4, -0.2) is 64.0 Å². The van der Waals surface area contributed by atoms with Gasteiger partial charge in [-0.2, -0.15) is 13.2 Å². The van der Waals surface area contributed by atoms with E-state index < -0.39 is 12.7 Å². The summed E-state index contributed by atoms with van der Waals surface area (Å²) in [5.74, 6) is 2.38. The van der Waals surface area contributed by atoms with Crippen LogP contribution in [0, 0.1) is 5.92 Å². The summed E-state index contributed by atoms with van der Waals surface area (Å²) in [6, 6.07) is 5.56. The summed E-state index contributed by atoms with van der Waals surface area (Å²) in [7, 11) is 3.29. The summed E-state index contributed by atoms with van der Waals surface area (Å²) in [5.41, 5.74) is 0.822. The molecule has 0 radical (unpaired) electrons. The summed E-state index contributed by atoms with van der Waals surface area (Å²) in [4.78, 5) is 5.72. The lowest BCUT2D eigenvalue weighted by Gasteiger charge is -2.32. The van der Waals surface area contributed by atoms with Crippen molar-refractivity contribution in [3.05, 3.63) is 18.2 Å². The van der Waals surface area contributed by atoms with Crippen LogP contribution in [0.1, 0.15) is 26.2 Å². The Bertz CT molecular complexity index is 666. The molecule has 0 amide bonds. The van der Waals surface area contributed by atoms with Crippen molar-refractivity contribution in [3.8, 4) is 11.5 Å². The molecule has 1 aromatic carbocycles. The smallest absolute Gasteiger partial charge is 0.401 e. The second-order valence-electron chi connectivity index (χ2n) is 7.05. The van der Waals surface area contributed by atoms with Gasteiger partial charge in [0.1, 0.15) is 0 Å². The van der Waals surface area contributed by atoms with Gasteiger partial charge >= 0.3 is 6.18 Å². The molecule has 1 aromatic rings. The van der Waals surface area contributed by atoms with E-state index in [1.807, 2.05) is 25.1 Å². The van der Waals surface area contributed by atoms with E-state index in [0.29, 0.717) is 49.6 Å². The number of rotatable bonds is 8. The van der Waals surface area contributed by atoms with Gasteiger partial charge in [-0.3, -0.25) is 9.89 Å². The first-order valence-corrected chi connectivity index (χ1v) is 9.92. The van der Waals surface area contributed by atoms with Gasteiger partial charge in [0.25, 0.3) is 0 Å². The first-order chi connectivity index (χ1) is 13.8. The Morgan fingerprint density at radius 3 is 2.50 bits per heavy atom. The summed E-state index contributed by atoms with van der Waals surface area (Å²) in [5, 5.41) is 6.49. The summed E-state index contributed by atoms with van der Waals surface area (Å²) in [6.45, 7) is 3.35. The first kappa shape index (κ1) is 26.6. The maximum absolute atomic E-state index is 12.5. The number of hydrogen-bond donors (Lipinski definition) is 2. The van der Waals surface area contributed by atoms with E-state index in [2.05, 4.69) is 15.6 Å². The maximum atomic E-state index is 12.5. The fourth-order valence-electron chi connectivity index (χ4n) is 3.42. The van der Waals surface area contributed by atoms with E-state index in [1.165, 1.54) is 4.90 Å². The maximum Gasteiger partial charge on any atom is 0.401 e. The number of benzene rings is 1. The van der Waals surface area contributed by atoms with Crippen molar-refractivity contribution in [2.45, 2.75) is 32.4 Å². The Kier molecular flexibility index (Phi) is 11.6. The molecule has 1 aliphatic heterocycles. The quantitative estimate of drug-likeness (QED) is 0.290. The molecule has 1 saturated heterocycles. The zero-order valence-electron chi connectivity index (χ0n) is 17.7. The fraction of sp³-hybridized carbons (Fsp3) is 0.650. The fourth-order valence-corrected chi connectivity index (χ4v) is 3.42. The van der Waals surface area contributed by atoms with Gasteiger partial charge in [-0.15, -0.1) is 24.0 Å². The minimum absolute atomic E-state index is 0. The largest absolute Gasteiger partial charge is 0.493 e. The number of ether oxygens (including phenoxy) is 2. The van der Waals surface area contributed by atoms with Gasteiger partial charge in [-0.1, -0.05) is 0 Å². The Morgan fingerprint density at radius 1 is 1.23 bits per heavy atom. The lowest BCUT2D eigenvalue weighted by atomic mass is 9.93. The molecule has 1 heterocycles. The molecule has 2 rings (SSSR count). The van der Waals surface area contributed by atoms with E-state index in [-0.39, 0.29) is 24.0 Å². The predicted molar refractivity (Wildman–Crippen MR) is 124 cm³/mol. The average Bonchev–Trinajstić information content (AvgIpc) is 2.68. The van der Waals surface area contributed by atoms with Crippen molar-refractivity contribution >= 4 is 35.6 Å². The molecule has 1 fully saturated rings. The molecule has 30 heavy (non-hydrogen) atoms. The number of halogens is 4. The van der Waals surface area contributed by atoms with Crippen molar-refractivity contribution in [3.63, 3.8) is 0 Å². The van der Waals surface area contributed by atoms with Gasteiger partial charge in [0.2, 0.25) is 0 Å². The molecule has 0 aromatic heterocycles. The van der Waals surface area contributed by atoms with Crippen LogP contribution < -0.4 is 20.1 Å². The van der Waals surface area contributed by atoms with Gasteiger partial charge in [-0.25, -0.2) is 0 Å². The zero-order chi connectivity index (χ0) is 21.3. The number of likely N-dealkylation sites (tertiary alicyclic amines) is 1. The Hall–Kier alpha value is -1.43. The summed E-state index contributed by atoms with van der Waals surface area (Å²) >= 11 is 0. The SMILES string of the molecule is CCOc1cc(NC(=NC)NCCC2CCN(CC(F)(F)F)CC2)ccc1OC.I. The number of alkyl halides is 3. The molecule has 1 aliphatic rings. The molecular formula is C20H32F3IN4O2. The highest BCUT2D eigenvalue weighted by Crippen LogP contribution is 2.30. The normalized spacial score (nSPS) is 16.0. The van der Waals surface area contributed by atoms with Crippen LogP contribution in [0.2, 0.25) is 0 Å². The second-order valence-corrected chi connectivity index (χ2v) is 7.05. The monoisotopic (exact) mass is 544 g/mol. The molecule has 0 spiro atoms. The van der Waals surface area contributed by atoms with Crippen molar-refractivity contribution < 1.29 is 22.6 Å². The summed E-state index contributed by atoms with van der Waals surface area (Å²) < 4.78 is 48.3. The Balaban J connectivity index is 0.00000450. The van der Waals surface area contributed by atoms with Gasteiger partial charge in [0, 0.05) is 25.3 Å². The third-order valence-corrected chi connectivity index (χ3v) is 4.90. The number of piperidine rings is 1. The predicted octanol–water partition coefficient (Wildman–Crippen LogP) is 4.36. The van der Waals surface area contributed by atoms with E-state index in [0.717, 1.165) is 24.9 Å². The van der Waals surface area contributed by atoms with Gasteiger partial charge in [0.05, 0.1) is 20.3 Å². The zero-order valence-corrected chi connectivity index (χ0v) is 20.0. The van der Waals surface area contributed by atoms with E-state index >= 15 is 0 Å². The highest BCUT2D eigenvalue weighted by Gasteiger charge is 2.32. The first-order valence-electron chi connectivity index (χ1n) is 9.92. The van der Waals surface area contributed by atoms with Crippen molar-refractivity contribution in [1.29, 1.82) is 0 Å². The van der Waals surface area contributed by atoms with Gasteiger partial charge in [0.15, 0.2) is 17.5 Å². The topological polar surface area (TPSA) is 58.1 Å². The molecule has 0 aliphatic carbocycles. The van der Waals surface area contributed by atoms with E-state index in [1.54, 1.807) is 14.2 Å². The van der Waals surface area contributed by atoms with Crippen LogP contribution in [-0.2, 0) is 0 Å². The van der Waals surface area contributed by atoms with Gasteiger partial charge in [-0.05, 0) is 57.3 Å². The van der Waals surface area contributed by atoms with E-state index in [9.17, 15) is 13.2 Å². The van der Waals surface area contributed by atoms with Crippen LogP contribution in [0.15, 0.2) is 23.2 Å². The number of nitrogens with zero attached hydrogens (tertiary/aromatic N) is 2. The van der Waals surface area contributed by atoms with E-state index in [4.69, 9.17) is 9.47 Å².